The first kappa shape index (κ1) is 22.7. The quantitative estimate of drug-likeness (QED) is 0.501. The van der Waals surface area contributed by atoms with Gasteiger partial charge in [-0.1, -0.05) is 17.3 Å². The second-order valence-corrected chi connectivity index (χ2v) is 7.81. The predicted octanol–water partition coefficient (Wildman–Crippen LogP) is 3.03. The number of amides is 1. The molecule has 154 valence electrons. The lowest BCUT2D eigenvalue weighted by molar-refractivity contribution is 0.0948. The van der Waals surface area contributed by atoms with E-state index in [0.29, 0.717) is 6.54 Å². The molecule has 0 spiro atoms. The van der Waals surface area contributed by atoms with Crippen molar-refractivity contribution < 1.29 is 9.32 Å². The van der Waals surface area contributed by atoms with Gasteiger partial charge in [0.05, 0.1) is 11.3 Å². The summed E-state index contributed by atoms with van der Waals surface area (Å²) in [6.07, 6.45) is 0.972. The molecule has 6 nitrogen and oxygen atoms in total. The molecular formula is C20H29ClN4O2S. The molecule has 0 atom stereocenters. The highest BCUT2D eigenvalue weighted by molar-refractivity contribution is 7.98. The normalized spacial score (nSPS) is 14.5. The summed E-state index contributed by atoms with van der Waals surface area (Å²) < 4.78 is 5.23. The molecular weight excluding hydrogens is 396 g/mol. The second-order valence-electron chi connectivity index (χ2n) is 6.79. The minimum absolute atomic E-state index is 0. The molecule has 1 aliphatic rings. The molecule has 3 rings (SSSR count). The van der Waals surface area contributed by atoms with E-state index in [2.05, 4.69) is 20.7 Å². The standard InChI is InChI=1S/C20H28N4O2S.ClH/c1-15-18(16(2)26-23-15)14-27-19-7-4-3-6-17(19)20(25)22-8-5-11-24-12-9-21-10-13-24;/h3-4,6-7,21H,5,8-14H2,1-2H3,(H,22,25);1H. The number of carbonyl (C=O) groups is 1. The van der Waals surface area contributed by atoms with E-state index < -0.39 is 0 Å². The molecule has 1 aliphatic heterocycles. The molecule has 1 fully saturated rings. The van der Waals surface area contributed by atoms with Gasteiger partial charge in [0.15, 0.2) is 0 Å². The summed E-state index contributed by atoms with van der Waals surface area (Å²) in [6.45, 7) is 9.90. The Morgan fingerprint density at radius 2 is 2.04 bits per heavy atom. The smallest absolute Gasteiger partial charge is 0.252 e. The maximum Gasteiger partial charge on any atom is 0.252 e. The van der Waals surface area contributed by atoms with Gasteiger partial charge in [0.25, 0.3) is 5.91 Å². The molecule has 2 N–H and O–H groups in total. The lowest BCUT2D eigenvalue weighted by atomic mass is 10.2. The molecule has 0 aliphatic carbocycles. The molecule has 1 saturated heterocycles. The largest absolute Gasteiger partial charge is 0.361 e. The highest BCUT2D eigenvalue weighted by Gasteiger charge is 2.14. The van der Waals surface area contributed by atoms with Crippen LogP contribution in [0.25, 0.3) is 0 Å². The fourth-order valence-electron chi connectivity index (χ4n) is 3.17. The first-order chi connectivity index (χ1) is 13.1. The van der Waals surface area contributed by atoms with Crippen LogP contribution in [0.2, 0.25) is 0 Å². The third-order valence-corrected chi connectivity index (χ3v) is 5.93. The molecule has 2 heterocycles. The summed E-state index contributed by atoms with van der Waals surface area (Å²) in [5, 5.41) is 10.4. The summed E-state index contributed by atoms with van der Waals surface area (Å²) in [5.74, 6) is 1.58. The summed E-state index contributed by atoms with van der Waals surface area (Å²) in [6, 6.07) is 7.77. The number of carbonyl (C=O) groups excluding carboxylic acids is 1. The van der Waals surface area contributed by atoms with E-state index in [1.54, 1.807) is 11.8 Å². The number of hydrogen-bond acceptors (Lipinski definition) is 6. The number of aromatic nitrogens is 1. The molecule has 8 heteroatoms. The maximum absolute atomic E-state index is 12.6. The average molecular weight is 425 g/mol. The van der Waals surface area contributed by atoms with E-state index in [9.17, 15) is 4.79 Å². The Hall–Kier alpha value is -1.54. The van der Waals surface area contributed by atoms with Crippen molar-refractivity contribution >= 4 is 30.1 Å². The first-order valence-corrected chi connectivity index (χ1v) is 10.5. The van der Waals surface area contributed by atoms with Crippen molar-refractivity contribution in [2.75, 3.05) is 39.3 Å². The Labute approximate surface area is 177 Å². The minimum Gasteiger partial charge on any atom is -0.361 e. The van der Waals surface area contributed by atoms with Crippen LogP contribution in [0, 0.1) is 13.8 Å². The van der Waals surface area contributed by atoms with Crippen molar-refractivity contribution in [1.29, 1.82) is 0 Å². The number of nitrogens with one attached hydrogen (secondary N) is 2. The summed E-state index contributed by atoms with van der Waals surface area (Å²) in [5.41, 5.74) is 2.75. The lowest BCUT2D eigenvalue weighted by Crippen LogP contribution is -2.44. The number of halogens is 1. The van der Waals surface area contributed by atoms with E-state index in [1.807, 2.05) is 38.1 Å². The van der Waals surface area contributed by atoms with Crippen LogP contribution < -0.4 is 10.6 Å². The van der Waals surface area contributed by atoms with Crippen LogP contribution >= 0.6 is 24.2 Å². The zero-order valence-corrected chi connectivity index (χ0v) is 18.1. The Kier molecular flexibility index (Phi) is 9.31. The molecule has 1 aromatic carbocycles. The van der Waals surface area contributed by atoms with Gasteiger partial charge in [-0.2, -0.15) is 0 Å². The third kappa shape index (κ3) is 6.24. The zero-order chi connectivity index (χ0) is 19.1. The van der Waals surface area contributed by atoms with Crippen LogP contribution in [0.4, 0.5) is 0 Å². The first-order valence-electron chi connectivity index (χ1n) is 9.50. The third-order valence-electron chi connectivity index (χ3n) is 4.83. The number of rotatable bonds is 8. The van der Waals surface area contributed by atoms with Crippen LogP contribution in [0.15, 0.2) is 33.7 Å². The van der Waals surface area contributed by atoms with Gasteiger partial charge in [0, 0.05) is 48.9 Å². The van der Waals surface area contributed by atoms with E-state index in [0.717, 1.165) is 72.4 Å². The van der Waals surface area contributed by atoms with Crippen LogP contribution in [-0.2, 0) is 5.75 Å². The zero-order valence-electron chi connectivity index (χ0n) is 16.5. The second kappa shape index (κ2) is 11.5. The van der Waals surface area contributed by atoms with Crippen molar-refractivity contribution in [3.05, 3.63) is 46.8 Å². The van der Waals surface area contributed by atoms with Crippen LogP contribution in [0.3, 0.4) is 0 Å². The van der Waals surface area contributed by atoms with E-state index >= 15 is 0 Å². The van der Waals surface area contributed by atoms with Crippen molar-refractivity contribution in [3.8, 4) is 0 Å². The van der Waals surface area contributed by atoms with Crippen molar-refractivity contribution in [2.45, 2.75) is 30.9 Å². The van der Waals surface area contributed by atoms with Crippen LogP contribution in [0.1, 0.15) is 33.8 Å². The van der Waals surface area contributed by atoms with Crippen LogP contribution in [0.5, 0.6) is 0 Å². The van der Waals surface area contributed by atoms with E-state index in [-0.39, 0.29) is 18.3 Å². The van der Waals surface area contributed by atoms with Crippen molar-refractivity contribution in [1.82, 2.24) is 20.7 Å². The summed E-state index contributed by atoms with van der Waals surface area (Å²) in [4.78, 5) is 16.1. The number of thioether (sulfide) groups is 1. The van der Waals surface area contributed by atoms with Crippen molar-refractivity contribution in [2.24, 2.45) is 0 Å². The topological polar surface area (TPSA) is 70.4 Å². The number of benzene rings is 1. The lowest BCUT2D eigenvalue weighted by Gasteiger charge is -2.27. The van der Waals surface area contributed by atoms with E-state index in [4.69, 9.17) is 4.52 Å². The highest BCUT2D eigenvalue weighted by Crippen LogP contribution is 2.28. The fourth-order valence-corrected chi connectivity index (χ4v) is 4.38. The Balaban J connectivity index is 0.00000280. The molecule has 0 bridgehead atoms. The van der Waals surface area contributed by atoms with Gasteiger partial charge in [-0.15, -0.1) is 24.2 Å². The van der Waals surface area contributed by atoms with Crippen molar-refractivity contribution in [3.63, 3.8) is 0 Å². The van der Waals surface area contributed by atoms with Gasteiger partial charge in [-0.05, 0) is 38.9 Å². The Morgan fingerprint density at radius 3 is 2.75 bits per heavy atom. The Bertz CT molecular complexity index is 743. The van der Waals surface area contributed by atoms with Gasteiger partial charge in [0.1, 0.15) is 5.76 Å². The number of nitrogens with zero attached hydrogens (tertiary/aromatic N) is 2. The minimum atomic E-state index is -0.00262. The summed E-state index contributed by atoms with van der Waals surface area (Å²) >= 11 is 1.65. The number of piperazine rings is 1. The molecule has 0 radical (unpaired) electrons. The van der Waals surface area contributed by atoms with Gasteiger partial charge >= 0.3 is 0 Å². The monoisotopic (exact) mass is 424 g/mol. The van der Waals surface area contributed by atoms with Gasteiger partial charge < -0.3 is 20.1 Å². The van der Waals surface area contributed by atoms with Gasteiger partial charge in [-0.3, -0.25) is 4.79 Å². The fraction of sp³-hybridized carbons (Fsp3) is 0.500. The average Bonchev–Trinajstić information content (AvgIpc) is 3.02. The van der Waals surface area contributed by atoms with Gasteiger partial charge in [-0.25, -0.2) is 0 Å². The van der Waals surface area contributed by atoms with Crippen LogP contribution in [-0.4, -0.2) is 55.2 Å². The number of hydrogen-bond donors (Lipinski definition) is 2. The summed E-state index contributed by atoms with van der Waals surface area (Å²) in [7, 11) is 0. The van der Waals surface area contributed by atoms with Gasteiger partial charge in [0.2, 0.25) is 0 Å². The highest BCUT2D eigenvalue weighted by atomic mass is 35.5. The molecule has 0 unspecified atom stereocenters. The Morgan fingerprint density at radius 1 is 1.29 bits per heavy atom. The molecule has 2 aromatic rings. The van der Waals surface area contributed by atoms with E-state index in [1.165, 1.54) is 0 Å². The molecule has 1 aromatic heterocycles. The predicted molar refractivity (Wildman–Crippen MR) is 115 cm³/mol. The molecule has 28 heavy (non-hydrogen) atoms. The molecule has 1 amide bonds. The number of aryl methyl sites for hydroxylation is 2. The maximum atomic E-state index is 12.6. The SMILES string of the molecule is Cc1noc(C)c1CSc1ccccc1C(=O)NCCCN1CCNCC1.Cl. The molecule has 0 saturated carbocycles.